The summed E-state index contributed by atoms with van der Waals surface area (Å²) in [4.78, 5) is 8.40. The Hall–Kier alpha value is -1.07. The Balaban J connectivity index is 1.94. The third-order valence-corrected chi connectivity index (χ3v) is 4.87. The Morgan fingerprint density at radius 2 is 2.42 bits per heavy atom. The predicted octanol–water partition coefficient (Wildman–Crippen LogP) is 2.52. The van der Waals surface area contributed by atoms with Crippen molar-refractivity contribution in [2.24, 2.45) is 11.7 Å². The van der Waals surface area contributed by atoms with Crippen LogP contribution in [0.15, 0.2) is 11.6 Å². The van der Waals surface area contributed by atoms with E-state index in [1.807, 2.05) is 0 Å². The third-order valence-electron chi connectivity index (χ3n) is 4.12. The highest BCUT2D eigenvalue weighted by Gasteiger charge is 2.24. The monoisotopic (exact) mass is 278 g/mol. The van der Waals surface area contributed by atoms with Gasteiger partial charge in [0, 0.05) is 31.1 Å². The SMILES string of the molecule is CCC1CCCN(c2nc3sccn3c2CCN)C1. The van der Waals surface area contributed by atoms with Crippen LogP contribution < -0.4 is 10.6 Å². The van der Waals surface area contributed by atoms with Crippen LogP contribution in [0.25, 0.3) is 4.96 Å². The molecule has 1 saturated heterocycles. The number of aromatic nitrogens is 2. The minimum atomic E-state index is 0.682. The summed E-state index contributed by atoms with van der Waals surface area (Å²) in [5.74, 6) is 2.00. The summed E-state index contributed by atoms with van der Waals surface area (Å²) in [6.07, 6.45) is 6.93. The van der Waals surface area contributed by atoms with E-state index in [0.717, 1.165) is 30.4 Å². The number of nitrogens with two attached hydrogens (primary N) is 1. The second-order valence-electron chi connectivity index (χ2n) is 5.34. The zero-order valence-electron chi connectivity index (χ0n) is 11.5. The summed E-state index contributed by atoms with van der Waals surface area (Å²) in [7, 11) is 0. The zero-order valence-corrected chi connectivity index (χ0v) is 12.3. The maximum Gasteiger partial charge on any atom is 0.195 e. The lowest BCUT2D eigenvalue weighted by molar-refractivity contribution is 0.403. The lowest BCUT2D eigenvalue weighted by Crippen LogP contribution is -2.36. The maximum absolute atomic E-state index is 5.78. The first-order chi connectivity index (χ1) is 9.33. The first-order valence-corrected chi connectivity index (χ1v) is 8.11. The number of nitrogens with zero attached hydrogens (tertiary/aromatic N) is 3. The van der Waals surface area contributed by atoms with E-state index in [4.69, 9.17) is 10.7 Å². The van der Waals surface area contributed by atoms with Gasteiger partial charge < -0.3 is 10.6 Å². The largest absolute Gasteiger partial charge is 0.355 e. The van der Waals surface area contributed by atoms with Crippen LogP contribution in [0.5, 0.6) is 0 Å². The Morgan fingerprint density at radius 1 is 1.53 bits per heavy atom. The van der Waals surface area contributed by atoms with Gasteiger partial charge >= 0.3 is 0 Å². The van der Waals surface area contributed by atoms with E-state index >= 15 is 0 Å². The molecule has 4 nitrogen and oxygen atoms in total. The third kappa shape index (κ3) is 2.37. The molecule has 0 radical (unpaired) electrons. The van der Waals surface area contributed by atoms with Crippen molar-refractivity contribution in [1.82, 2.24) is 9.38 Å². The summed E-state index contributed by atoms with van der Waals surface area (Å²) in [5, 5.41) is 2.09. The van der Waals surface area contributed by atoms with Gasteiger partial charge in [0.1, 0.15) is 0 Å². The maximum atomic E-state index is 5.78. The van der Waals surface area contributed by atoms with Gasteiger partial charge in [0.25, 0.3) is 0 Å². The Morgan fingerprint density at radius 3 is 3.21 bits per heavy atom. The summed E-state index contributed by atoms with van der Waals surface area (Å²) in [6, 6.07) is 0. The van der Waals surface area contributed by atoms with E-state index in [9.17, 15) is 0 Å². The molecule has 0 aliphatic carbocycles. The molecule has 0 spiro atoms. The van der Waals surface area contributed by atoms with Crippen molar-refractivity contribution in [2.45, 2.75) is 32.6 Å². The van der Waals surface area contributed by atoms with Gasteiger partial charge in [0.2, 0.25) is 0 Å². The lowest BCUT2D eigenvalue weighted by Gasteiger charge is -2.33. The summed E-state index contributed by atoms with van der Waals surface area (Å²) in [6.45, 7) is 5.26. The van der Waals surface area contributed by atoms with Crippen molar-refractivity contribution in [3.8, 4) is 0 Å². The Kier molecular flexibility index (Phi) is 3.75. The fourth-order valence-corrected chi connectivity index (χ4v) is 3.76. The van der Waals surface area contributed by atoms with Crippen molar-refractivity contribution < 1.29 is 0 Å². The predicted molar refractivity (Wildman–Crippen MR) is 81.1 cm³/mol. The number of anilines is 1. The van der Waals surface area contributed by atoms with Crippen LogP contribution in [-0.2, 0) is 6.42 Å². The molecule has 3 heterocycles. The number of hydrogen-bond acceptors (Lipinski definition) is 4. The van der Waals surface area contributed by atoms with Crippen LogP contribution in [0, 0.1) is 5.92 Å². The Labute approximate surface area is 118 Å². The van der Waals surface area contributed by atoms with Gasteiger partial charge in [0.05, 0.1) is 5.69 Å². The normalized spacial score (nSPS) is 20.3. The smallest absolute Gasteiger partial charge is 0.195 e. The number of thiazole rings is 1. The molecule has 5 heteroatoms. The van der Waals surface area contributed by atoms with Crippen molar-refractivity contribution in [3.63, 3.8) is 0 Å². The molecule has 2 aromatic heterocycles. The molecular weight excluding hydrogens is 256 g/mol. The molecule has 19 heavy (non-hydrogen) atoms. The van der Waals surface area contributed by atoms with Crippen molar-refractivity contribution in [2.75, 3.05) is 24.5 Å². The Bertz CT molecular complexity index is 545. The molecule has 0 bridgehead atoms. The minimum Gasteiger partial charge on any atom is -0.355 e. The van der Waals surface area contributed by atoms with E-state index in [2.05, 4.69) is 27.8 Å². The van der Waals surface area contributed by atoms with E-state index in [1.165, 1.54) is 30.8 Å². The van der Waals surface area contributed by atoms with Gasteiger partial charge in [-0.05, 0) is 25.3 Å². The highest BCUT2D eigenvalue weighted by atomic mass is 32.1. The second kappa shape index (κ2) is 5.51. The van der Waals surface area contributed by atoms with Gasteiger partial charge in [-0.1, -0.05) is 13.3 Å². The fourth-order valence-electron chi connectivity index (χ4n) is 3.03. The molecule has 0 aromatic carbocycles. The van der Waals surface area contributed by atoms with Gasteiger partial charge in [-0.25, -0.2) is 4.98 Å². The van der Waals surface area contributed by atoms with E-state index in [0.29, 0.717) is 6.54 Å². The molecule has 104 valence electrons. The molecule has 3 rings (SSSR count). The standard InChI is InChI=1S/C14H22N4S/c1-2-11-4-3-7-17(10-11)13-12(5-6-15)18-8-9-19-14(18)16-13/h8-9,11H,2-7,10,15H2,1H3. The molecule has 0 amide bonds. The highest BCUT2D eigenvalue weighted by Crippen LogP contribution is 2.29. The molecule has 1 atom stereocenters. The highest BCUT2D eigenvalue weighted by molar-refractivity contribution is 7.15. The molecule has 2 N–H and O–H groups in total. The van der Waals surface area contributed by atoms with Crippen LogP contribution in [-0.4, -0.2) is 29.0 Å². The number of hydrogen-bond donors (Lipinski definition) is 1. The molecular formula is C14H22N4S. The van der Waals surface area contributed by atoms with Gasteiger partial charge in [0.15, 0.2) is 10.8 Å². The second-order valence-corrected chi connectivity index (χ2v) is 6.21. The molecule has 1 aliphatic heterocycles. The molecule has 1 aliphatic rings. The van der Waals surface area contributed by atoms with Crippen LogP contribution in [0.4, 0.5) is 5.82 Å². The first-order valence-electron chi connectivity index (χ1n) is 7.23. The van der Waals surface area contributed by atoms with E-state index in [1.54, 1.807) is 11.3 Å². The van der Waals surface area contributed by atoms with Crippen LogP contribution in [0.2, 0.25) is 0 Å². The van der Waals surface area contributed by atoms with Gasteiger partial charge in [-0.3, -0.25) is 4.40 Å². The molecule has 2 aromatic rings. The molecule has 0 saturated carbocycles. The average molecular weight is 278 g/mol. The van der Waals surface area contributed by atoms with Gasteiger partial charge in [-0.2, -0.15) is 0 Å². The number of imidazole rings is 1. The number of rotatable bonds is 4. The van der Waals surface area contributed by atoms with E-state index in [-0.39, 0.29) is 0 Å². The lowest BCUT2D eigenvalue weighted by atomic mass is 9.95. The van der Waals surface area contributed by atoms with Crippen molar-refractivity contribution >= 4 is 22.1 Å². The first kappa shape index (κ1) is 12.9. The topological polar surface area (TPSA) is 46.6 Å². The fraction of sp³-hybridized carbons (Fsp3) is 0.643. The average Bonchev–Trinajstić information content (AvgIpc) is 3.02. The zero-order chi connectivity index (χ0) is 13.2. The minimum absolute atomic E-state index is 0.682. The summed E-state index contributed by atoms with van der Waals surface area (Å²) < 4.78 is 2.21. The summed E-state index contributed by atoms with van der Waals surface area (Å²) in [5.41, 5.74) is 7.06. The number of fused-ring (bicyclic) bond motifs is 1. The quantitative estimate of drug-likeness (QED) is 0.935. The van der Waals surface area contributed by atoms with Crippen LogP contribution in [0.3, 0.4) is 0 Å². The van der Waals surface area contributed by atoms with Crippen LogP contribution >= 0.6 is 11.3 Å². The number of piperidine rings is 1. The van der Waals surface area contributed by atoms with Crippen LogP contribution in [0.1, 0.15) is 31.9 Å². The molecule has 1 fully saturated rings. The molecule has 1 unspecified atom stereocenters. The van der Waals surface area contributed by atoms with E-state index < -0.39 is 0 Å². The van der Waals surface area contributed by atoms with Crippen molar-refractivity contribution in [3.05, 3.63) is 17.3 Å². The van der Waals surface area contributed by atoms with Crippen molar-refractivity contribution in [1.29, 1.82) is 0 Å². The summed E-state index contributed by atoms with van der Waals surface area (Å²) >= 11 is 1.70. The van der Waals surface area contributed by atoms with Gasteiger partial charge in [-0.15, -0.1) is 11.3 Å².